The lowest BCUT2D eigenvalue weighted by molar-refractivity contribution is 0.121. The van der Waals surface area contributed by atoms with E-state index in [4.69, 9.17) is 22.1 Å². The van der Waals surface area contributed by atoms with Gasteiger partial charge in [0.2, 0.25) is 0 Å². The van der Waals surface area contributed by atoms with Gasteiger partial charge in [-0.2, -0.15) is 0 Å². The molecule has 0 aliphatic carbocycles. The van der Waals surface area contributed by atoms with Crippen LogP contribution in [-0.4, -0.2) is 176 Å². The zero-order valence-corrected chi connectivity index (χ0v) is 32.8. The lowest BCUT2D eigenvalue weighted by atomic mass is 10.2. The Bertz CT molecular complexity index is 765. The van der Waals surface area contributed by atoms with Crippen molar-refractivity contribution in [3.8, 4) is 0 Å². The third-order valence-corrected chi connectivity index (χ3v) is 14.5. The molecule has 0 aromatic heterocycles. The molecule has 0 fully saturated rings. The molecule has 11 nitrogen and oxygen atoms in total. The van der Waals surface area contributed by atoms with Gasteiger partial charge in [-0.25, -0.2) is 0 Å². The van der Waals surface area contributed by atoms with Crippen molar-refractivity contribution in [2.75, 3.05) is 129 Å². The molecular formula is C32H70N6O5Si2. The maximum atomic E-state index is 5.70. The predicted octanol–water partition coefficient (Wildman–Crippen LogP) is 3.86. The topological polar surface area (TPSA) is 65.6 Å². The van der Waals surface area contributed by atoms with Crippen molar-refractivity contribution in [3.63, 3.8) is 0 Å². The highest BCUT2D eigenvalue weighted by Crippen LogP contribution is 2.17. The van der Waals surface area contributed by atoms with Crippen LogP contribution >= 0.6 is 0 Å². The fourth-order valence-electron chi connectivity index (χ4n) is 5.57. The molecule has 1 rings (SSSR count). The van der Waals surface area contributed by atoms with Gasteiger partial charge in [0.1, 0.15) is 0 Å². The van der Waals surface area contributed by atoms with Crippen LogP contribution in [0.5, 0.6) is 0 Å². The molecular weight excluding hydrogens is 605 g/mol. The van der Waals surface area contributed by atoms with Crippen molar-refractivity contribution >= 4 is 17.4 Å². The van der Waals surface area contributed by atoms with Crippen LogP contribution in [0.25, 0.3) is 0 Å². The van der Waals surface area contributed by atoms with Crippen LogP contribution in [0.1, 0.15) is 38.5 Å². The zero-order chi connectivity index (χ0) is 33.6. The number of rotatable bonds is 29. The summed E-state index contributed by atoms with van der Waals surface area (Å²) in [5.41, 5.74) is 0. The van der Waals surface area contributed by atoms with Crippen LogP contribution in [0.3, 0.4) is 0 Å². The van der Waals surface area contributed by atoms with Gasteiger partial charge in [-0.05, 0) is 132 Å². The van der Waals surface area contributed by atoms with E-state index >= 15 is 0 Å². The lowest BCUT2D eigenvalue weighted by Crippen LogP contribution is -2.43. The van der Waals surface area contributed by atoms with E-state index in [0.29, 0.717) is 0 Å². The van der Waals surface area contributed by atoms with Gasteiger partial charge in [0.25, 0.3) is 0 Å². The highest BCUT2D eigenvalue weighted by molar-refractivity contribution is 6.65. The van der Waals surface area contributed by atoms with Crippen molar-refractivity contribution in [2.24, 2.45) is 0 Å². The lowest BCUT2D eigenvalue weighted by Gasteiger charge is -2.29. The maximum absolute atomic E-state index is 5.70. The Hall–Kier alpha value is -0.846. The Morgan fingerprint density at radius 3 is 1.18 bits per heavy atom. The van der Waals surface area contributed by atoms with Gasteiger partial charge in [0.05, 0.1) is 0 Å². The van der Waals surface area contributed by atoms with Gasteiger partial charge in [-0.15, -0.1) is 0 Å². The monoisotopic (exact) mass is 674 g/mol. The summed E-state index contributed by atoms with van der Waals surface area (Å²) in [7, 11) is 12.7. The summed E-state index contributed by atoms with van der Waals surface area (Å²) in [5.74, 6) is 0. The average molecular weight is 675 g/mol. The molecule has 0 bridgehead atoms. The summed E-state index contributed by atoms with van der Waals surface area (Å²) in [4.78, 5) is 14.4. The molecule has 0 radical (unpaired) electrons. The molecule has 1 heterocycles. The summed E-state index contributed by atoms with van der Waals surface area (Å²) in [6.07, 6.45) is 15.6. The Kier molecular flexibility index (Phi) is 22.8. The minimum Gasteiger partial charge on any atom is -0.398 e. The molecule has 1 aliphatic heterocycles. The van der Waals surface area contributed by atoms with Gasteiger partial charge in [-0.3, -0.25) is 0 Å². The van der Waals surface area contributed by atoms with E-state index in [9.17, 15) is 0 Å². The smallest absolute Gasteiger partial charge is 0.398 e. The summed E-state index contributed by atoms with van der Waals surface area (Å²) in [6.45, 7) is 13.0. The molecule has 1 aliphatic rings. The van der Waals surface area contributed by atoms with Gasteiger partial charge in [0.15, 0.2) is 0 Å². The summed E-state index contributed by atoms with van der Waals surface area (Å²) in [6, 6.07) is 1.87. The molecule has 0 spiro atoms. The minimum absolute atomic E-state index is 0.838. The van der Waals surface area contributed by atoms with E-state index in [1.54, 1.807) is 35.5 Å². The highest BCUT2D eigenvalue weighted by atomic mass is 28.4. The molecule has 0 atom stereocenters. The zero-order valence-electron chi connectivity index (χ0n) is 30.8. The van der Waals surface area contributed by atoms with Crippen LogP contribution in [0.2, 0.25) is 18.6 Å². The van der Waals surface area contributed by atoms with Crippen LogP contribution in [0, 0.1) is 0 Å². The van der Waals surface area contributed by atoms with E-state index in [-0.39, 0.29) is 0 Å². The first-order valence-electron chi connectivity index (χ1n) is 16.9. The largest absolute Gasteiger partial charge is 0.500 e. The third kappa shape index (κ3) is 18.9. The molecule has 0 amide bonds. The Morgan fingerprint density at radius 1 is 0.467 bits per heavy atom. The summed E-state index contributed by atoms with van der Waals surface area (Å²) >= 11 is 0. The maximum Gasteiger partial charge on any atom is 0.500 e. The van der Waals surface area contributed by atoms with E-state index in [1.165, 1.54) is 12.8 Å². The molecule has 0 saturated heterocycles. The first kappa shape index (κ1) is 42.2. The highest BCUT2D eigenvalue weighted by Gasteiger charge is 2.37. The van der Waals surface area contributed by atoms with Crippen molar-refractivity contribution in [1.82, 2.24) is 29.4 Å². The Labute approximate surface area is 279 Å². The second-order valence-corrected chi connectivity index (χ2v) is 19.5. The second kappa shape index (κ2) is 24.3. The third-order valence-electron chi connectivity index (χ3n) is 8.70. The fourth-order valence-corrected chi connectivity index (χ4v) is 8.65. The predicted molar refractivity (Wildman–Crippen MR) is 191 cm³/mol. The van der Waals surface area contributed by atoms with Gasteiger partial charge in [-0.1, -0.05) is 0 Å². The Balaban J connectivity index is 2.48. The van der Waals surface area contributed by atoms with E-state index in [0.717, 1.165) is 103 Å². The molecule has 0 unspecified atom stereocenters. The minimum atomic E-state index is -2.52. The molecule has 45 heavy (non-hydrogen) atoms. The van der Waals surface area contributed by atoms with E-state index < -0.39 is 17.4 Å². The van der Waals surface area contributed by atoms with E-state index in [2.05, 4.69) is 88.9 Å². The molecule has 0 aromatic carbocycles. The van der Waals surface area contributed by atoms with Crippen LogP contribution < -0.4 is 0 Å². The average Bonchev–Trinajstić information content (AvgIpc) is 3.03. The van der Waals surface area contributed by atoms with Crippen molar-refractivity contribution in [1.29, 1.82) is 0 Å². The van der Waals surface area contributed by atoms with Crippen molar-refractivity contribution in [2.45, 2.75) is 57.2 Å². The standard InChI is InChI=1S/C32H70N6O5Si2/c1-33(2)17-11-19-35(25-15-31-44(10,39-5)40-6)21-13-23-37-27-29-38(30-28-37)24-14-22-36(20-12-18-34(3)4)26-16-32-45(41-7,42-8)43-9/h27-30H,11-26,31-32H2,1-10H3. The quantitative estimate of drug-likeness (QED) is 0.109. The van der Waals surface area contributed by atoms with Crippen molar-refractivity contribution < 1.29 is 22.1 Å². The second-order valence-electron chi connectivity index (χ2n) is 12.8. The van der Waals surface area contributed by atoms with Crippen molar-refractivity contribution in [3.05, 3.63) is 24.8 Å². The summed E-state index contributed by atoms with van der Waals surface area (Å²) in [5, 5.41) is 0. The molecule has 0 aromatic rings. The summed E-state index contributed by atoms with van der Waals surface area (Å²) < 4.78 is 28.3. The number of nitrogens with zero attached hydrogens (tertiary/aromatic N) is 6. The van der Waals surface area contributed by atoms with Gasteiger partial charge < -0.3 is 51.5 Å². The SMILES string of the molecule is CO[Si](C)(CCCN(CCCN(C)C)CCCN1C=CN(CCCN(CCCN(C)C)CCC[Si](OC)(OC)OC)C=C1)OC. The van der Waals surface area contributed by atoms with Gasteiger partial charge in [0, 0.05) is 79.5 Å². The number of hydrogen-bond acceptors (Lipinski definition) is 11. The van der Waals surface area contributed by atoms with Gasteiger partial charge >= 0.3 is 17.4 Å². The first-order valence-corrected chi connectivity index (χ1v) is 21.4. The Morgan fingerprint density at radius 2 is 0.822 bits per heavy atom. The van der Waals surface area contributed by atoms with Crippen LogP contribution in [0.4, 0.5) is 0 Å². The molecule has 0 N–H and O–H groups in total. The normalized spacial score (nSPS) is 14.4. The molecule has 266 valence electrons. The molecule has 0 saturated carbocycles. The fraction of sp³-hybridized carbons (Fsp3) is 0.875. The van der Waals surface area contributed by atoms with Crippen LogP contribution in [0.15, 0.2) is 24.8 Å². The van der Waals surface area contributed by atoms with E-state index in [1.807, 2.05) is 0 Å². The van der Waals surface area contributed by atoms with Crippen LogP contribution in [-0.2, 0) is 22.1 Å². The first-order chi connectivity index (χ1) is 21.5. The number of hydrogen-bond donors (Lipinski definition) is 0. The molecule has 13 heteroatoms.